The average Bonchev–Trinajstić information content (AvgIpc) is 2.75. The molecular formula is C11H6ClFN4. The van der Waals surface area contributed by atoms with Gasteiger partial charge in [-0.2, -0.15) is 0 Å². The standard InChI is InChI=1S/C11H6ClFN4/c12-9-5-14-6-10-15-16-11(17(9)10)7-3-1-2-4-8(7)13/h1-6H. The molecular weight excluding hydrogens is 243 g/mol. The Kier molecular flexibility index (Phi) is 2.26. The van der Waals surface area contributed by atoms with Crippen LogP contribution in [0, 0.1) is 5.82 Å². The molecule has 0 aliphatic heterocycles. The molecule has 0 amide bonds. The third-order valence-electron chi connectivity index (χ3n) is 2.39. The fourth-order valence-corrected chi connectivity index (χ4v) is 1.85. The quantitative estimate of drug-likeness (QED) is 0.665. The summed E-state index contributed by atoms with van der Waals surface area (Å²) >= 11 is 6.00. The molecule has 0 unspecified atom stereocenters. The van der Waals surface area contributed by atoms with Crippen molar-refractivity contribution in [1.82, 2.24) is 19.6 Å². The van der Waals surface area contributed by atoms with Crippen LogP contribution in [-0.2, 0) is 0 Å². The number of halogens is 2. The minimum atomic E-state index is -0.366. The van der Waals surface area contributed by atoms with Crippen molar-refractivity contribution in [1.29, 1.82) is 0 Å². The Morgan fingerprint density at radius 2 is 1.94 bits per heavy atom. The summed E-state index contributed by atoms with van der Waals surface area (Å²) in [6.07, 6.45) is 2.98. The number of benzene rings is 1. The van der Waals surface area contributed by atoms with Crippen molar-refractivity contribution in [2.45, 2.75) is 0 Å². The summed E-state index contributed by atoms with van der Waals surface area (Å²) in [4.78, 5) is 3.89. The smallest absolute Gasteiger partial charge is 0.180 e. The molecule has 3 aromatic rings. The highest BCUT2D eigenvalue weighted by Crippen LogP contribution is 2.23. The summed E-state index contributed by atoms with van der Waals surface area (Å²) in [7, 11) is 0. The highest BCUT2D eigenvalue weighted by atomic mass is 35.5. The van der Waals surface area contributed by atoms with Crippen LogP contribution in [0.4, 0.5) is 4.39 Å². The molecule has 0 radical (unpaired) electrons. The van der Waals surface area contributed by atoms with Crippen molar-refractivity contribution in [3.05, 3.63) is 47.6 Å². The maximum atomic E-state index is 13.7. The molecule has 0 N–H and O–H groups in total. The summed E-state index contributed by atoms with van der Waals surface area (Å²) in [6.45, 7) is 0. The number of rotatable bonds is 1. The van der Waals surface area contributed by atoms with Crippen molar-refractivity contribution in [3.8, 4) is 11.4 Å². The van der Waals surface area contributed by atoms with Gasteiger partial charge in [0.05, 0.1) is 18.0 Å². The summed E-state index contributed by atoms with van der Waals surface area (Å²) in [5.41, 5.74) is 0.837. The van der Waals surface area contributed by atoms with Crippen LogP contribution in [0.3, 0.4) is 0 Å². The molecule has 4 nitrogen and oxygen atoms in total. The fourth-order valence-electron chi connectivity index (χ4n) is 1.63. The lowest BCUT2D eigenvalue weighted by Gasteiger charge is -2.02. The molecule has 1 aromatic carbocycles. The molecule has 17 heavy (non-hydrogen) atoms. The van der Waals surface area contributed by atoms with Gasteiger partial charge in [0, 0.05) is 0 Å². The van der Waals surface area contributed by atoms with Gasteiger partial charge in [-0.15, -0.1) is 10.2 Å². The predicted molar refractivity (Wildman–Crippen MR) is 61.2 cm³/mol. The molecule has 0 bridgehead atoms. The van der Waals surface area contributed by atoms with E-state index in [1.807, 2.05) is 0 Å². The SMILES string of the molecule is Fc1ccccc1-c1nnc2cncc(Cl)n12. The van der Waals surface area contributed by atoms with Crippen LogP contribution >= 0.6 is 11.6 Å². The Bertz CT molecular complexity index is 695. The van der Waals surface area contributed by atoms with Gasteiger partial charge in [0.25, 0.3) is 0 Å². The van der Waals surface area contributed by atoms with Crippen LogP contribution in [0.5, 0.6) is 0 Å². The zero-order valence-electron chi connectivity index (χ0n) is 8.51. The van der Waals surface area contributed by atoms with E-state index in [0.29, 0.717) is 22.2 Å². The van der Waals surface area contributed by atoms with E-state index >= 15 is 0 Å². The lowest BCUT2D eigenvalue weighted by atomic mass is 10.2. The fraction of sp³-hybridized carbons (Fsp3) is 0. The van der Waals surface area contributed by atoms with Gasteiger partial charge in [-0.05, 0) is 12.1 Å². The Labute approximate surface area is 101 Å². The van der Waals surface area contributed by atoms with Gasteiger partial charge in [-0.25, -0.2) is 4.39 Å². The Morgan fingerprint density at radius 1 is 1.12 bits per heavy atom. The number of hydrogen-bond donors (Lipinski definition) is 0. The largest absolute Gasteiger partial charge is 0.262 e. The zero-order chi connectivity index (χ0) is 11.8. The molecule has 0 aliphatic rings. The Morgan fingerprint density at radius 3 is 2.76 bits per heavy atom. The van der Waals surface area contributed by atoms with Crippen molar-refractivity contribution in [2.75, 3.05) is 0 Å². The molecule has 84 valence electrons. The molecule has 0 spiro atoms. The normalized spacial score (nSPS) is 10.9. The summed E-state index contributed by atoms with van der Waals surface area (Å²) in [5, 5.41) is 8.17. The van der Waals surface area contributed by atoms with Crippen LogP contribution in [-0.4, -0.2) is 19.6 Å². The molecule has 0 saturated carbocycles. The van der Waals surface area contributed by atoms with Gasteiger partial charge in [-0.3, -0.25) is 9.38 Å². The van der Waals surface area contributed by atoms with Gasteiger partial charge in [-0.1, -0.05) is 23.7 Å². The first-order valence-corrected chi connectivity index (χ1v) is 5.25. The predicted octanol–water partition coefficient (Wildman–Crippen LogP) is 2.58. The van der Waals surface area contributed by atoms with Gasteiger partial charge >= 0.3 is 0 Å². The number of nitrogens with zero attached hydrogens (tertiary/aromatic N) is 4. The molecule has 0 atom stereocenters. The van der Waals surface area contributed by atoms with Crippen LogP contribution < -0.4 is 0 Å². The number of hydrogen-bond acceptors (Lipinski definition) is 3. The van der Waals surface area contributed by atoms with E-state index in [1.54, 1.807) is 22.6 Å². The van der Waals surface area contributed by atoms with Gasteiger partial charge in [0.2, 0.25) is 0 Å². The van der Waals surface area contributed by atoms with Crippen molar-refractivity contribution >= 4 is 17.2 Å². The zero-order valence-corrected chi connectivity index (χ0v) is 9.26. The van der Waals surface area contributed by atoms with Gasteiger partial charge in [0.15, 0.2) is 11.5 Å². The minimum Gasteiger partial charge on any atom is -0.262 e. The molecule has 0 fully saturated rings. The minimum absolute atomic E-state index is 0.339. The first-order chi connectivity index (χ1) is 8.27. The number of aromatic nitrogens is 4. The Balaban J connectivity index is 2.36. The van der Waals surface area contributed by atoms with Gasteiger partial charge in [0.1, 0.15) is 11.0 Å². The van der Waals surface area contributed by atoms with E-state index in [-0.39, 0.29) is 5.82 Å². The topological polar surface area (TPSA) is 43.1 Å². The molecule has 2 heterocycles. The van der Waals surface area contributed by atoms with E-state index in [0.717, 1.165) is 0 Å². The van der Waals surface area contributed by atoms with E-state index in [2.05, 4.69) is 15.2 Å². The van der Waals surface area contributed by atoms with Crippen molar-refractivity contribution in [3.63, 3.8) is 0 Å². The second-order valence-corrected chi connectivity index (χ2v) is 3.81. The van der Waals surface area contributed by atoms with E-state index in [9.17, 15) is 4.39 Å². The van der Waals surface area contributed by atoms with Crippen molar-refractivity contribution < 1.29 is 4.39 Å². The summed E-state index contributed by atoms with van der Waals surface area (Å²) in [6, 6.07) is 6.34. The van der Waals surface area contributed by atoms with Crippen LogP contribution in [0.1, 0.15) is 0 Å². The van der Waals surface area contributed by atoms with Crippen LogP contribution in [0.25, 0.3) is 17.0 Å². The summed E-state index contributed by atoms with van der Waals surface area (Å²) in [5.74, 6) is 0.000166. The highest BCUT2D eigenvalue weighted by molar-refractivity contribution is 6.29. The highest BCUT2D eigenvalue weighted by Gasteiger charge is 2.13. The molecule has 3 rings (SSSR count). The van der Waals surface area contributed by atoms with E-state index < -0.39 is 0 Å². The van der Waals surface area contributed by atoms with Gasteiger partial charge < -0.3 is 0 Å². The first-order valence-electron chi connectivity index (χ1n) is 4.87. The maximum absolute atomic E-state index is 13.7. The summed E-state index contributed by atoms with van der Waals surface area (Å²) < 4.78 is 15.2. The molecule has 0 saturated heterocycles. The Hall–Kier alpha value is -2.01. The first kappa shape index (κ1) is 10.2. The second-order valence-electron chi connectivity index (χ2n) is 3.43. The van der Waals surface area contributed by atoms with Crippen LogP contribution in [0.15, 0.2) is 36.7 Å². The lowest BCUT2D eigenvalue weighted by molar-refractivity contribution is 0.629. The average molecular weight is 249 g/mol. The van der Waals surface area contributed by atoms with E-state index in [4.69, 9.17) is 11.6 Å². The molecule has 2 aromatic heterocycles. The third kappa shape index (κ3) is 1.55. The molecule has 6 heteroatoms. The lowest BCUT2D eigenvalue weighted by Crippen LogP contribution is -1.94. The maximum Gasteiger partial charge on any atom is 0.180 e. The third-order valence-corrected chi connectivity index (χ3v) is 2.65. The van der Waals surface area contributed by atoms with Crippen LogP contribution in [0.2, 0.25) is 5.15 Å². The number of fused-ring (bicyclic) bond motifs is 1. The second kappa shape index (κ2) is 3.78. The monoisotopic (exact) mass is 248 g/mol. The van der Waals surface area contributed by atoms with E-state index in [1.165, 1.54) is 18.5 Å². The van der Waals surface area contributed by atoms with Crippen molar-refractivity contribution in [2.24, 2.45) is 0 Å². The molecule has 0 aliphatic carbocycles.